The summed E-state index contributed by atoms with van der Waals surface area (Å²) >= 11 is 10.8. The molecular weight excluding hydrogens is 404 g/mol. The molecule has 148 valence electrons. The van der Waals surface area contributed by atoms with Crippen molar-refractivity contribution in [2.75, 3.05) is 18.0 Å². The van der Waals surface area contributed by atoms with E-state index in [1.54, 1.807) is 0 Å². The van der Waals surface area contributed by atoms with Gasteiger partial charge in [0, 0.05) is 42.3 Å². The topological polar surface area (TPSA) is 65.7 Å². The lowest BCUT2D eigenvalue weighted by atomic mass is 10.2. The number of anilines is 1. The van der Waals surface area contributed by atoms with Crippen LogP contribution in [0.25, 0.3) is 0 Å². The van der Waals surface area contributed by atoms with Crippen LogP contribution in [0.4, 0.5) is 14.5 Å². The summed E-state index contributed by atoms with van der Waals surface area (Å²) in [5, 5.41) is 7.74. The summed E-state index contributed by atoms with van der Waals surface area (Å²) < 4.78 is 28.8. The predicted molar refractivity (Wildman–Crippen MR) is 113 cm³/mol. The predicted octanol–water partition coefficient (Wildman–Crippen LogP) is 3.15. The SMILES string of the molecule is NC(=S)NN=Cc1cc(F)c(N2CC[C@H](NCc3ccccc3Cl)C2)cc1F. The molecule has 9 heteroatoms. The van der Waals surface area contributed by atoms with Crippen molar-refractivity contribution in [3.8, 4) is 0 Å². The number of nitrogens with two attached hydrogens (primary N) is 1. The molecular formula is C19H20ClF2N5S. The van der Waals surface area contributed by atoms with E-state index >= 15 is 0 Å². The van der Waals surface area contributed by atoms with Crippen molar-refractivity contribution in [1.29, 1.82) is 0 Å². The third-order valence-electron chi connectivity index (χ3n) is 4.51. The maximum atomic E-state index is 14.5. The Morgan fingerprint density at radius 2 is 2.11 bits per heavy atom. The van der Waals surface area contributed by atoms with Crippen LogP contribution < -0.4 is 21.4 Å². The van der Waals surface area contributed by atoms with Gasteiger partial charge in [0.05, 0.1) is 11.9 Å². The van der Waals surface area contributed by atoms with Crippen molar-refractivity contribution in [1.82, 2.24) is 10.7 Å². The first-order valence-electron chi connectivity index (χ1n) is 8.73. The molecule has 0 spiro atoms. The number of nitrogens with zero attached hydrogens (tertiary/aromatic N) is 2. The Bertz CT molecular complexity index is 893. The molecule has 0 bridgehead atoms. The highest BCUT2D eigenvalue weighted by molar-refractivity contribution is 7.80. The Balaban J connectivity index is 1.63. The first-order valence-corrected chi connectivity index (χ1v) is 9.52. The van der Waals surface area contributed by atoms with Gasteiger partial charge in [0.25, 0.3) is 0 Å². The molecule has 2 aromatic carbocycles. The normalized spacial score (nSPS) is 16.7. The molecule has 28 heavy (non-hydrogen) atoms. The maximum Gasteiger partial charge on any atom is 0.184 e. The fraction of sp³-hybridized carbons (Fsp3) is 0.263. The molecule has 1 heterocycles. The van der Waals surface area contributed by atoms with Crippen molar-refractivity contribution >= 4 is 40.8 Å². The van der Waals surface area contributed by atoms with Gasteiger partial charge in [-0.1, -0.05) is 29.8 Å². The first-order chi connectivity index (χ1) is 13.4. The molecule has 5 nitrogen and oxygen atoms in total. The van der Waals surface area contributed by atoms with Gasteiger partial charge in [-0.15, -0.1) is 0 Å². The van der Waals surface area contributed by atoms with Gasteiger partial charge >= 0.3 is 0 Å². The van der Waals surface area contributed by atoms with E-state index in [0.29, 0.717) is 24.7 Å². The van der Waals surface area contributed by atoms with E-state index in [9.17, 15) is 8.78 Å². The molecule has 0 saturated carbocycles. The summed E-state index contributed by atoms with van der Waals surface area (Å²) in [5.41, 5.74) is 8.80. The Hall–Kier alpha value is -2.29. The van der Waals surface area contributed by atoms with Crippen LogP contribution in [0, 0.1) is 11.6 Å². The second kappa shape index (κ2) is 9.27. The number of hydrazone groups is 1. The molecule has 2 aromatic rings. The Kier molecular flexibility index (Phi) is 6.77. The second-order valence-corrected chi connectivity index (χ2v) is 7.31. The monoisotopic (exact) mass is 423 g/mol. The van der Waals surface area contributed by atoms with Crippen LogP contribution in [0.2, 0.25) is 5.02 Å². The van der Waals surface area contributed by atoms with Crippen LogP contribution in [0.1, 0.15) is 17.5 Å². The van der Waals surface area contributed by atoms with Gasteiger partial charge in [-0.05, 0) is 36.3 Å². The molecule has 1 fully saturated rings. The Morgan fingerprint density at radius 1 is 1.32 bits per heavy atom. The molecule has 1 aliphatic rings. The number of benzene rings is 2. The number of rotatable bonds is 6. The van der Waals surface area contributed by atoms with Crippen LogP contribution in [0.15, 0.2) is 41.5 Å². The minimum Gasteiger partial charge on any atom is -0.375 e. The van der Waals surface area contributed by atoms with E-state index in [1.165, 1.54) is 6.07 Å². The highest BCUT2D eigenvalue weighted by Crippen LogP contribution is 2.26. The largest absolute Gasteiger partial charge is 0.375 e. The van der Waals surface area contributed by atoms with E-state index in [1.807, 2.05) is 29.2 Å². The van der Waals surface area contributed by atoms with Crippen molar-refractivity contribution < 1.29 is 8.78 Å². The van der Waals surface area contributed by atoms with Crippen LogP contribution in [-0.4, -0.2) is 30.5 Å². The van der Waals surface area contributed by atoms with Gasteiger partial charge in [0.15, 0.2) is 5.11 Å². The Labute approximate surface area is 172 Å². The van der Waals surface area contributed by atoms with Crippen LogP contribution >= 0.6 is 23.8 Å². The average molecular weight is 424 g/mol. The average Bonchev–Trinajstić information content (AvgIpc) is 3.12. The summed E-state index contributed by atoms with van der Waals surface area (Å²) in [7, 11) is 0. The number of hydrogen-bond acceptors (Lipinski definition) is 4. The van der Waals surface area contributed by atoms with Crippen molar-refractivity contribution in [3.63, 3.8) is 0 Å². The molecule has 1 aliphatic heterocycles. The fourth-order valence-corrected chi connectivity index (χ4v) is 3.36. The van der Waals surface area contributed by atoms with E-state index in [-0.39, 0.29) is 22.4 Å². The second-order valence-electron chi connectivity index (χ2n) is 6.46. The van der Waals surface area contributed by atoms with E-state index in [2.05, 4.69) is 28.1 Å². The number of halogens is 3. The van der Waals surface area contributed by atoms with Crippen LogP contribution in [0.5, 0.6) is 0 Å². The first kappa shape index (κ1) is 20.4. The number of nitrogens with one attached hydrogen (secondary N) is 2. The molecule has 0 unspecified atom stereocenters. The summed E-state index contributed by atoms with van der Waals surface area (Å²) in [4.78, 5) is 1.83. The smallest absolute Gasteiger partial charge is 0.184 e. The molecule has 1 atom stereocenters. The van der Waals surface area contributed by atoms with Crippen molar-refractivity contribution in [2.45, 2.75) is 19.0 Å². The summed E-state index contributed by atoms with van der Waals surface area (Å²) in [6.45, 7) is 1.84. The zero-order valence-electron chi connectivity index (χ0n) is 15.0. The molecule has 0 radical (unpaired) electrons. The van der Waals surface area contributed by atoms with E-state index in [4.69, 9.17) is 17.3 Å². The van der Waals surface area contributed by atoms with Gasteiger partial charge in [0.2, 0.25) is 0 Å². The van der Waals surface area contributed by atoms with Crippen molar-refractivity contribution in [3.05, 3.63) is 64.2 Å². The van der Waals surface area contributed by atoms with Gasteiger partial charge in [-0.25, -0.2) is 8.78 Å². The lowest BCUT2D eigenvalue weighted by Crippen LogP contribution is -2.32. The van der Waals surface area contributed by atoms with Gasteiger partial charge < -0.3 is 16.0 Å². The molecule has 0 aliphatic carbocycles. The quantitative estimate of drug-likeness (QED) is 0.378. The highest BCUT2D eigenvalue weighted by Gasteiger charge is 2.25. The van der Waals surface area contributed by atoms with Crippen LogP contribution in [0.3, 0.4) is 0 Å². The lowest BCUT2D eigenvalue weighted by Gasteiger charge is -2.20. The Morgan fingerprint density at radius 3 is 2.86 bits per heavy atom. The number of thiocarbonyl (C=S) groups is 1. The van der Waals surface area contributed by atoms with E-state index in [0.717, 1.165) is 24.3 Å². The molecule has 0 amide bonds. The lowest BCUT2D eigenvalue weighted by molar-refractivity contribution is 0.550. The molecule has 1 saturated heterocycles. The highest BCUT2D eigenvalue weighted by atomic mass is 35.5. The van der Waals surface area contributed by atoms with Gasteiger partial charge in [-0.2, -0.15) is 5.10 Å². The number of hydrogen-bond donors (Lipinski definition) is 3. The van der Waals surface area contributed by atoms with Gasteiger partial charge in [0.1, 0.15) is 11.6 Å². The zero-order chi connectivity index (χ0) is 20.1. The van der Waals surface area contributed by atoms with Crippen LogP contribution in [-0.2, 0) is 6.54 Å². The summed E-state index contributed by atoms with van der Waals surface area (Å²) in [6.07, 6.45) is 1.96. The zero-order valence-corrected chi connectivity index (χ0v) is 16.5. The third kappa shape index (κ3) is 5.15. The maximum absolute atomic E-state index is 14.5. The molecule has 4 N–H and O–H groups in total. The summed E-state index contributed by atoms with van der Waals surface area (Å²) in [6, 6.07) is 10.1. The third-order valence-corrected chi connectivity index (χ3v) is 4.97. The summed E-state index contributed by atoms with van der Waals surface area (Å²) in [5.74, 6) is -1.08. The standard InChI is InChI=1S/C19H20ClF2N5S/c20-15-4-2-1-3-12(15)9-24-14-5-6-27(11-14)18-8-16(21)13(7-17(18)22)10-25-26-19(23)28/h1-4,7-8,10,14,24H,5-6,9,11H2,(H3,23,26,28)/t14-/m0/s1. The van der Waals surface area contributed by atoms with E-state index < -0.39 is 11.6 Å². The van der Waals surface area contributed by atoms with Gasteiger partial charge in [-0.3, -0.25) is 5.43 Å². The van der Waals surface area contributed by atoms with Crippen molar-refractivity contribution in [2.24, 2.45) is 10.8 Å². The fourth-order valence-electron chi connectivity index (χ4n) is 3.10. The minimum absolute atomic E-state index is 0.0117. The molecule has 3 rings (SSSR count). The molecule has 0 aromatic heterocycles. The minimum atomic E-state index is -0.572.